The van der Waals surface area contributed by atoms with Crippen molar-refractivity contribution in [1.29, 1.82) is 0 Å². The normalized spacial score (nSPS) is 11.2. The zero-order chi connectivity index (χ0) is 15.3. The Hall–Kier alpha value is -2.90. The SMILES string of the molecule is Cn1c(=O)c2c(nc(C(=O)c3ccco3)n2C)n(C)c1=O. The number of fused-ring (bicyclic) bond motifs is 1. The summed E-state index contributed by atoms with van der Waals surface area (Å²) in [7, 11) is 4.43. The summed E-state index contributed by atoms with van der Waals surface area (Å²) in [6.45, 7) is 0. The van der Waals surface area contributed by atoms with Crippen molar-refractivity contribution in [1.82, 2.24) is 18.7 Å². The molecule has 0 atom stereocenters. The molecular formula is C13H12N4O4. The lowest BCUT2D eigenvalue weighted by atomic mass is 10.3. The van der Waals surface area contributed by atoms with Crippen LogP contribution in [0.15, 0.2) is 32.4 Å². The summed E-state index contributed by atoms with van der Waals surface area (Å²) in [6.07, 6.45) is 1.38. The van der Waals surface area contributed by atoms with Gasteiger partial charge in [-0.1, -0.05) is 0 Å². The summed E-state index contributed by atoms with van der Waals surface area (Å²) in [5.41, 5.74) is -0.640. The first kappa shape index (κ1) is 13.1. The monoisotopic (exact) mass is 288 g/mol. The fourth-order valence-electron chi connectivity index (χ4n) is 2.24. The Balaban J connectivity index is 2.39. The van der Waals surface area contributed by atoms with E-state index in [1.807, 2.05) is 0 Å². The second kappa shape index (κ2) is 4.30. The average Bonchev–Trinajstić information content (AvgIpc) is 3.10. The molecule has 0 aromatic carbocycles. The quantitative estimate of drug-likeness (QED) is 0.609. The van der Waals surface area contributed by atoms with Gasteiger partial charge in [-0.25, -0.2) is 9.78 Å². The van der Waals surface area contributed by atoms with Crippen LogP contribution in [-0.4, -0.2) is 24.5 Å². The number of aromatic nitrogens is 4. The molecule has 3 heterocycles. The molecular weight excluding hydrogens is 276 g/mol. The number of hydrogen-bond acceptors (Lipinski definition) is 5. The van der Waals surface area contributed by atoms with Crippen molar-refractivity contribution in [3.8, 4) is 0 Å². The van der Waals surface area contributed by atoms with Crippen LogP contribution in [0.5, 0.6) is 0 Å². The van der Waals surface area contributed by atoms with Crippen LogP contribution in [0.25, 0.3) is 11.2 Å². The zero-order valence-corrected chi connectivity index (χ0v) is 11.7. The van der Waals surface area contributed by atoms with Gasteiger partial charge in [0.1, 0.15) is 0 Å². The molecule has 0 fully saturated rings. The fourth-order valence-corrected chi connectivity index (χ4v) is 2.24. The van der Waals surface area contributed by atoms with Crippen LogP contribution in [0.1, 0.15) is 16.4 Å². The van der Waals surface area contributed by atoms with Crippen molar-refractivity contribution >= 4 is 16.9 Å². The van der Waals surface area contributed by atoms with Crippen LogP contribution in [0.3, 0.4) is 0 Å². The zero-order valence-electron chi connectivity index (χ0n) is 11.7. The summed E-state index contributed by atoms with van der Waals surface area (Å²) in [5, 5.41) is 0. The van der Waals surface area contributed by atoms with Crippen molar-refractivity contribution in [2.75, 3.05) is 0 Å². The van der Waals surface area contributed by atoms with Gasteiger partial charge >= 0.3 is 5.69 Å². The lowest BCUT2D eigenvalue weighted by molar-refractivity contribution is 0.0997. The number of hydrogen-bond donors (Lipinski definition) is 0. The number of carbonyl (C=O) groups excluding carboxylic acids is 1. The minimum Gasteiger partial charge on any atom is -0.461 e. The van der Waals surface area contributed by atoms with Gasteiger partial charge in [0.2, 0.25) is 0 Å². The Labute approximate surface area is 117 Å². The first-order chi connectivity index (χ1) is 9.93. The fraction of sp³-hybridized carbons (Fsp3) is 0.231. The van der Waals surface area contributed by atoms with Gasteiger partial charge in [0.25, 0.3) is 11.3 Å². The van der Waals surface area contributed by atoms with Crippen LogP contribution in [-0.2, 0) is 21.1 Å². The maximum Gasteiger partial charge on any atom is 0.332 e. The van der Waals surface area contributed by atoms with Gasteiger partial charge in [0.05, 0.1) is 6.26 Å². The van der Waals surface area contributed by atoms with Crippen LogP contribution < -0.4 is 11.2 Å². The third-order valence-electron chi connectivity index (χ3n) is 3.42. The smallest absolute Gasteiger partial charge is 0.332 e. The van der Waals surface area contributed by atoms with E-state index in [9.17, 15) is 14.4 Å². The maximum atomic E-state index is 12.3. The maximum absolute atomic E-state index is 12.3. The van der Waals surface area contributed by atoms with Crippen LogP contribution in [0.2, 0.25) is 0 Å². The van der Waals surface area contributed by atoms with E-state index in [1.165, 1.54) is 35.6 Å². The highest BCUT2D eigenvalue weighted by atomic mass is 16.3. The predicted octanol–water partition coefficient (Wildman–Crippen LogP) is -0.205. The van der Waals surface area contributed by atoms with Gasteiger partial charge in [-0.3, -0.25) is 18.7 Å². The highest BCUT2D eigenvalue weighted by Crippen LogP contribution is 2.13. The summed E-state index contributed by atoms with van der Waals surface area (Å²) in [6, 6.07) is 3.10. The molecule has 3 aromatic rings. The number of furan rings is 1. The molecule has 8 nitrogen and oxygen atoms in total. The van der Waals surface area contributed by atoms with Gasteiger partial charge in [-0.2, -0.15) is 0 Å². The summed E-state index contributed by atoms with van der Waals surface area (Å²) < 4.78 is 8.64. The van der Waals surface area contributed by atoms with Crippen LogP contribution in [0.4, 0.5) is 0 Å². The van der Waals surface area contributed by atoms with E-state index in [2.05, 4.69) is 4.98 Å². The lowest BCUT2D eigenvalue weighted by Gasteiger charge is -2.03. The molecule has 3 aromatic heterocycles. The van der Waals surface area contributed by atoms with Gasteiger partial charge < -0.3 is 8.98 Å². The van der Waals surface area contributed by atoms with Crippen LogP contribution >= 0.6 is 0 Å². The number of nitrogens with zero attached hydrogens (tertiary/aromatic N) is 4. The second-order valence-electron chi connectivity index (χ2n) is 4.68. The van der Waals surface area contributed by atoms with E-state index in [0.717, 1.165) is 4.57 Å². The first-order valence-corrected chi connectivity index (χ1v) is 6.14. The molecule has 0 bridgehead atoms. The number of carbonyl (C=O) groups is 1. The Kier molecular flexibility index (Phi) is 2.68. The lowest BCUT2D eigenvalue weighted by Crippen LogP contribution is -2.37. The van der Waals surface area contributed by atoms with Crippen molar-refractivity contribution in [2.24, 2.45) is 21.1 Å². The van der Waals surface area contributed by atoms with Crippen molar-refractivity contribution < 1.29 is 9.21 Å². The van der Waals surface area contributed by atoms with Gasteiger partial charge in [-0.05, 0) is 12.1 Å². The average molecular weight is 288 g/mol. The molecule has 0 N–H and O–H groups in total. The first-order valence-electron chi connectivity index (χ1n) is 6.14. The molecule has 0 saturated carbocycles. The highest BCUT2D eigenvalue weighted by molar-refractivity contribution is 6.06. The molecule has 0 radical (unpaired) electrons. The third-order valence-corrected chi connectivity index (χ3v) is 3.42. The molecule has 8 heteroatoms. The van der Waals surface area contributed by atoms with E-state index >= 15 is 0 Å². The molecule has 0 unspecified atom stereocenters. The molecule has 21 heavy (non-hydrogen) atoms. The summed E-state index contributed by atoms with van der Waals surface area (Å²) >= 11 is 0. The largest absolute Gasteiger partial charge is 0.461 e. The predicted molar refractivity (Wildman–Crippen MR) is 73.3 cm³/mol. The Morgan fingerprint density at radius 1 is 1.14 bits per heavy atom. The van der Waals surface area contributed by atoms with E-state index in [1.54, 1.807) is 13.1 Å². The van der Waals surface area contributed by atoms with E-state index < -0.39 is 17.0 Å². The third kappa shape index (κ3) is 1.69. The molecule has 0 saturated heterocycles. The molecule has 0 aliphatic rings. The summed E-state index contributed by atoms with van der Waals surface area (Å²) in [5.74, 6) is -0.290. The summed E-state index contributed by atoms with van der Waals surface area (Å²) in [4.78, 5) is 40.5. The number of ketones is 1. The standard InChI is InChI=1S/C13H12N4O4/c1-15-8-10(16(2)13(20)17(3)12(8)19)14-11(15)9(18)7-5-4-6-21-7/h4-6H,1-3H3. The molecule has 108 valence electrons. The van der Waals surface area contributed by atoms with E-state index in [-0.39, 0.29) is 22.7 Å². The molecule has 0 spiro atoms. The van der Waals surface area contributed by atoms with Gasteiger partial charge in [-0.15, -0.1) is 0 Å². The molecule has 0 aliphatic carbocycles. The number of imidazole rings is 1. The Morgan fingerprint density at radius 3 is 2.48 bits per heavy atom. The highest BCUT2D eigenvalue weighted by Gasteiger charge is 2.23. The van der Waals surface area contributed by atoms with E-state index in [4.69, 9.17) is 4.42 Å². The number of rotatable bonds is 2. The minimum atomic E-state index is -0.499. The van der Waals surface area contributed by atoms with Crippen molar-refractivity contribution in [3.63, 3.8) is 0 Å². The topological polar surface area (TPSA) is 92.0 Å². The van der Waals surface area contributed by atoms with E-state index in [0.29, 0.717) is 0 Å². The van der Waals surface area contributed by atoms with Crippen molar-refractivity contribution in [2.45, 2.75) is 0 Å². The molecule has 0 amide bonds. The second-order valence-corrected chi connectivity index (χ2v) is 4.68. The Morgan fingerprint density at radius 2 is 1.86 bits per heavy atom. The molecule has 0 aliphatic heterocycles. The molecule has 3 rings (SSSR count). The number of aryl methyl sites for hydroxylation is 2. The Bertz CT molecular complexity index is 972. The van der Waals surface area contributed by atoms with Crippen LogP contribution in [0, 0.1) is 0 Å². The van der Waals surface area contributed by atoms with Gasteiger partial charge in [0, 0.05) is 21.1 Å². The van der Waals surface area contributed by atoms with Crippen molar-refractivity contribution in [3.05, 3.63) is 50.8 Å². The van der Waals surface area contributed by atoms with Gasteiger partial charge in [0.15, 0.2) is 22.7 Å². The minimum absolute atomic E-state index is 0.0400.